The molecular weight excluding hydrogens is 463 g/mol. The van der Waals surface area contributed by atoms with E-state index in [9.17, 15) is 9.18 Å². The zero-order valence-electron chi connectivity index (χ0n) is 18.3. The average Bonchev–Trinajstić information content (AvgIpc) is 2.76. The summed E-state index contributed by atoms with van der Waals surface area (Å²) in [6.45, 7) is 6.31. The third-order valence-electron chi connectivity index (χ3n) is 5.58. The first kappa shape index (κ1) is 23.3. The van der Waals surface area contributed by atoms with E-state index in [0.717, 1.165) is 28.7 Å². The first-order valence-electron chi connectivity index (χ1n) is 10.2. The summed E-state index contributed by atoms with van der Waals surface area (Å²) in [5.74, 6) is 1.03. The zero-order chi connectivity index (χ0) is 22.5. The molecule has 0 radical (unpaired) electrons. The molecule has 0 aromatic heterocycles. The molecule has 31 heavy (non-hydrogen) atoms. The number of rotatable bonds is 6. The van der Waals surface area contributed by atoms with Crippen LogP contribution in [0.1, 0.15) is 25.0 Å². The van der Waals surface area contributed by atoms with Crippen LogP contribution in [0.2, 0.25) is 0 Å². The number of nitrogens with zero attached hydrogens (tertiary/aromatic N) is 2. The Hall–Kier alpha value is -2.38. The minimum absolute atomic E-state index is 0.0263. The lowest BCUT2D eigenvalue weighted by Gasteiger charge is -2.44. The SMILES string of the molecule is COc1cc(C=CC(=O)N2C[C@@H](C)N(Cc3ccc(F)cc3)C[C@@H]2C)cc(OC)c1Br. The normalized spacial score (nSPS) is 19.6. The van der Waals surface area contributed by atoms with E-state index in [1.54, 1.807) is 26.4 Å². The van der Waals surface area contributed by atoms with Crippen LogP contribution in [-0.2, 0) is 11.3 Å². The van der Waals surface area contributed by atoms with Crippen LogP contribution in [0, 0.1) is 5.82 Å². The monoisotopic (exact) mass is 490 g/mol. The minimum Gasteiger partial charge on any atom is -0.495 e. The molecule has 2 aromatic carbocycles. The number of halogens is 2. The smallest absolute Gasteiger partial charge is 0.246 e. The number of benzene rings is 2. The van der Waals surface area contributed by atoms with E-state index in [4.69, 9.17) is 9.47 Å². The van der Waals surface area contributed by atoms with Gasteiger partial charge in [-0.15, -0.1) is 0 Å². The van der Waals surface area contributed by atoms with E-state index >= 15 is 0 Å². The van der Waals surface area contributed by atoms with Gasteiger partial charge in [-0.3, -0.25) is 9.69 Å². The van der Waals surface area contributed by atoms with Crippen LogP contribution in [0.3, 0.4) is 0 Å². The van der Waals surface area contributed by atoms with Crippen LogP contribution in [0.5, 0.6) is 11.5 Å². The van der Waals surface area contributed by atoms with Gasteiger partial charge in [0.1, 0.15) is 21.8 Å². The summed E-state index contributed by atoms with van der Waals surface area (Å²) in [5, 5.41) is 0. The zero-order valence-corrected chi connectivity index (χ0v) is 19.9. The summed E-state index contributed by atoms with van der Waals surface area (Å²) >= 11 is 3.45. The standard InChI is InChI=1S/C24H28BrFN2O3/c1-16-14-28(17(2)13-27(16)15-18-5-8-20(26)9-6-18)23(29)10-7-19-11-21(30-3)24(25)22(12-19)31-4/h5-12,16-17H,13-15H2,1-4H3/t16-,17+/m1/s1. The fourth-order valence-corrected chi connectivity index (χ4v) is 4.35. The van der Waals surface area contributed by atoms with Crippen molar-refractivity contribution >= 4 is 27.9 Å². The number of hydrogen-bond donors (Lipinski definition) is 0. The highest BCUT2D eigenvalue weighted by atomic mass is 79.9. The van der Waals surface area contributed by atoms with Gasteiger partial charge in [0.2, 0.25) is 5.91 Å². The maximum Gasteiger partial charge on any atom is 0.246 e. The molecule has 0 bridgehead atoms. The van der Waals surface area contributed by atoms with Crippen molar-refractivity contribution in [3.8, 4) is 11.5 Å². The van der Waals surface area contributed by atoms with Crippen LogP contribution in [0.25, 0.3) is 6.08 Å². The van der Waals surface area contributed by atoms with Crippen molar-refractivity contribution in [1.29, 1.82) is 0 Å². The topological polar surface area (TPSA) is 42.0 Å². The Morgan fingerprint density at radius 3 is 2.29 bits per heavy atom. The molecule has 5 nitrogen and oxygen atoms in total. The molecular formula is C24H28BrFN2O3. The van der Waals surface area contributed by atoms with Crippen LogP contribution >= 0.6 is 15.9 Å². The van der Waals surface area contributed by atoms with Gasteiger partial charge >= 0.3 is 0 Å². The molecule has 166 valence electrons. The molecule has 1 aliphatic rings. The molecule has 0 spiro atoms. The highest BCUT2D eigenvalue weighted by Crippen LogP contribution is 2.36. The minimum atomic E-state index is -0.228. The fraction of sp³-hybridized carbons (Fsp3) is 0.375. The molecule has 0 aliphatic carbocycles. The quantitative estimate of drug-likeness (QED) is 0.548. The number of carbonyl (C=O) groups excluding carboxylic acids is 1. The summed E-state index contributed by atoms with van der Waals surface area (Å²) in [6, 6.07) is 10.6. The Morgan fingerprint density at radius 2 is 1.71 bits per heavy atom. The van der Waals surface area contributed by atoms with Crippen LogP contribution in [0.4, 0.5) is 4.39 Å². The maximum atomic E-state index is 13.2. The molecule has 1 fully saturated rings. The summed E-state index contributed by atoms with van der Waals surface area (Å²) in [4.78, 5) is 17.1. The predicted molar refractivity (Wildman–Crippen MR) is 124 cm³/mol. The van der Waals surface area contributed by atoms with Crippen LogP contribution in [-0.4, -0.2) is 55.1 Å². The van der Waals surface area contributed by atoms with E-state index in [0.29, 0.717) is 18.0 Å². The maximum absolute atomic E-state index is 13.2. The number of hydrogen-bond acceptors (Lipinski definition) is 4. The lowest BCUT2D eigenvalue weighted by Crippen LogP contribution is -2.57. The van der Waals surface area contributed by atoms with Gasteiger partial charge in [0.15, 0.2) is 0 Å². The second-order valence-corrected chi connectivity index (χ2v) is 8.61. The first-order valence-corrected chi connectivity index (χ1v) is 11.0. The molecule has 2 atom stereocenters. The number of piperazine rings is 1. The Balaban J connectivity index is 1.67. The molecule has 1 saturated heterocycles. The van der Waals surface area contributed by atoms with Crippen molar-refractivity contribution in [3.05, 3.63) is 63.9 Å². The number of carbonyl (C=O) groups is 1. The predicted octanol–water partition coefficient (Wildman–Crippen LogP) is 4.74. The van der Waals surface area contributed by atoms with Gasteiger partial charge in [-0.2, -0.15) is 0 Å². The molecule has 2 aromatic rings. The number of amides is 1. The highest BCUT2D eigenvalue weighted by molar-refractivity contribution is 9.10. The van der Waals surface area contributed by atoms with Gasteiger partial charge in [-0.25, -0.2) is 4.39 Å². The molecule has 0 N–H and O–H groups in total. The molecule has 1 amide bonds. The largest absolute Gasteiger partial charge is 0.495 e. The molecule has 7 heteroatoms. The summed E-state index contributed by atoms with van der Waals surface area (Å²) < 4.78 is 24.6. The van der Waals surface area contributed by atoms with Gasteiger partial charge in [-0.1, -0.05) is 12.1 Å². The van der Waals surface area contributed by atoms with E-state index in [2.05, 4.69) is 34.7 Å². The molecule has 1 heterocycles. The number of methoxy groups -OCH3 is 2. The second kappa shape index (κ2) is 10.3. The average molecular weight is 491 g/mol. The lowest BCUT2D eigenvalue weighted by molar-refractivity contribution is -0.131. The Kier molecular flexibility index (Phi) is 7.73. The molecule has 1 aliphatic heterocycles. The van der Waals surface area contributed by atoms with E-state index in [1.807, 2.05) is 29.2 Å². The van der Waals surface area contributed by atoms with Crippen molar-refractivity contribution in [2.45, 2.75) is 32.5 Å². The summed E-state index contributed by atoms with van der Waals surface area (Å²) in [6.07, 6.45) is 3.38. The first-order chi connectivity index (χ1) is 14.8. The van der Waals surface area contributed by atoms with Crippen molar-refractivity contribution in [2.24, 2.45) is 0 Å². The fourth-order valence-electron chi connectivity index (χ4n) is 3.80. The number of ether oxygens (including phenoxy) is 2. The Labute approximate surface area is 191 Å². The van der Waals surface area contributed by atoms with Crippen LogP contribution < -0.4 is 9.47 Å². The van der Waals surface area contributed by atoms with Crippen molar-refractivity contribution < 1.29 is 18.7 Å². The van der Waals surface area contributed by atoms with Gasteiger partial charge in [0, 0.05) is 37.8 Å². The van der Waals surface area contributed by atoms with Crippen molar-refractivity contribution in [2.75, 3.05) is 27.3 Å². The third kappa shape index (κ3) is 5.66. The van der Waals surface area contributed by atoms with E-state index < -0.39 is 0 Å². The van der Waals surface area contributed by atoms with E-state index in [1.165, 1.54) is 12.1 Å². The van der Waals surface area contributed by atoms with Gasteiger partial charge in [0.25, 0.3) is 0 Å². The highest BCUT2D eigenvalue weighted by Gasteiger charge is 2.31. The van der Waals surface area contributed by atoms with Gasteiger partial charge in [0.05, 0.1) is 14.2 Å². The van der Waals surface area contributed by atoms with Gasteiger partial charge in [-0.05, 0) is 71.2 Å². The van der Waals surface area contributed by atoms with Crippen molar-refractivity contribution in [1.82, 2.24) is 9.80 Å². The molecule has 0 unspecified atom stereocenters. The summed E-state index contributed by atoms with van der Waals surface area (Å²) in [7, 11) is 3.18. The molecule has 0 saturated carbocycles. The second-order valence-electron chi connectivity index (χ2n) is 7.82. The van der Waals surface area contributed by atoms with Gasteiger partial charge < -0.3 is 14.4 Å². The third-order valence-corrected chi connectivity index (χ3v) is 6.37. The molecule has 3 rings (SSSR count). The Morgan fingerprint density at radius 1 is 1.10 bits per heavy atom. The van der Waals surface area contributed by atoms with Crippen molar-refractivity contribution in [3.63, 3.8) is 0 Å². The van der Waals surface area contributed by atoms with E-state index in [-0.39, 0.29) is 23.8 Å². The lowest BCUT2D eigenvalue weighted by atomic mass is 10.1. The Bertz CT molecular complexity index is 923. The van der Waals surface area contributed by atoms with Crippen LogP contribution in [0.15, 0.2) is 46.9 Å². The summed E-state index contributed by atoms with van der Waals surface area (Å²) in [5.41, 5.74) is 1.89.